The van der Waals surface area contributed by atoms with E-state index in [-0.39, 0.29) is 177 Å². The molecule has 772 valence electrons. The summed E-state index contributed by atoms with van der Waals surface area (Å²) in [6.45, 7) is 11.0. The topological polar surface area (TPSA) is 492 Å². The van der Waals surface area contributed by atoms with E-state index < -0.39 is 159 Å². The number of carbonyl (C=O) groups is 12. The molecular formula is C106H132O36. The maximum absolute atomic E-state index is 13.5. The van der Waals surface area contributed by atoms with Crippen LogP contribution in [0.1, 0.15) is 84.1 Å². The molecule has 0 radical (unpaired) electrons. The number of carboxylic acid groups (broad SMARTS) is 6. The van der Waals surface area contributed by atoms with E-state index in [0.717, 1.165) is 11.1 Å². The van der Waals surface area contributed by atoms with Crippen molar-refractivity contribution in [3.8, 4) is 23.0 Å². The van der Waals surface area contributed by atoms with Gasteiger partial charge in [0.15, 0.2) is 16.2 Å². The fourth-order valence-corrected chi connectivity index (χ4v) is 18.6. The summed E-state index contributed by atoms with van der Waals surface area (Å²) in [4.78, 5) is 153. The van der Waals surface area contributed by atoms with E-state index >= 15 is 0 Å². The molecule has 9 aliphatic rings. The number of rotatable bonds is 56. The summed E-state index contributed by atoms with van der Waals surface area (Å²) in [6.07, 6.45) is 8.02. The van der Waals surface area contributed by atoms with Gasteiger partial charge < -0.3 is 116 Å². The van der Waals surface area contributed by atoms with Crippen molar-refractivity contribution in [2.45, 2.75) is 72.6 Å². The fraction of sp³-hybridized carbons (Fsp3) is 0.491. The number of para-hydroxylation sites is 2. The van der Waals surface area contributed by atoms with Gasteiger partial charge in [0, 0.05) is 42.8 Å². The maximum atomic E-state index is 13.5. The molecule has 15 rings (SSSR count). The molecule has 36 heteroatoms. The largest absolute Gasteiger partial charge is 0.491 e. The Labute approximate surface area is 825 Å². The lowest BCUT2D eigenvalue weighted by molar-refractivity contribution is -0.191. The van der Waals surface area contributed by atoms with Crippen molar-refractivity contribution in [2.24, 2.45) is 87.3 Å². The molecule has 3 saturated carbocycles. The number of carbonyl (C=O) groups excluding carboxylic acids is 6. The Morgan fingerprint density at radius 3 is 0.704 bits per heavy atom. The smallest absolute Gasteiger partial charge is 0.324 e. The van der Waals surface area contributed by atoms with Crippen molar-refractivity contribution in [1.29, 1.82) is 0 Å². The molecule has 15 atom stereocenters. The van der Waals surface area contributed by atoms with Gasteiger partial charge in [0.2, 0.25) is 0 Å². The molecule has 0 aromatic heterocycles. The Morgan fingerprint density at radius 1 is 0.261 bits per heavy atom. The minimum absolute atomic E-state index is 0. The third kappa shape index (κ3) is 29.2. The van der Waals surface area contributed by atoms with Gasteiger partial charge in [-0.2, -0.15) is 0 Å². The standard InChI is InChI=1S/C50H56O12.C32H36O12.C22H32O12.2CH4/c1-48(2,35-11-7-5-8-12-35)37-16-20-39(21-17-37)59-29-25-57-27-31-61-45(53)42-34-15-24-41(43(42)44(51)52)50(33-34,46(54)55)47(56)62-32-28-58-26-30-60-40-22-18-38(19-23-40)49(3,4)36-13-9-6-10-14-36;33-28(34)27-25-12-11-22(26(27)29(35)43-19-15-39-13-17-41-23-7-3-1-4-8-23)21-32(25,30(36)37)31(38)44-20-16-40-14-18-42-24-9-5-2-6-10-24;1-29-5-7-31-9-11-33-19(25)16-14-3-4-15(17(16)18(23)24)22(13-14,20(26)27)21(28)34-12-10-32-8-6-30-2;;/h5-24,34,41-43H,25-33H2,1-4H3,(H,51,52)(H,54,55);1-12,22,25-27H,13-21H2,(H,33,34)(H,36,37);3-4,14-17H,5-13H2,1-2H3,(H,23,24)(H,26,27);2*1H4. The number of hydrogen-bond acceptors (Lipinski definition) is 30. The average Bonchev–Trinajstić information content (AvgIpc) is 0.721. The minimum atomic E-state index is -2.20. The number of methoxy groups -OCH3 is 2. The molecule has 6 bridgehead atoms. The van der Waals surface area contributed by atoms with Gasteiger partial charge in [0.05, 0.1) is 128 Å². The van der Waals surface area contributed by atoms with E-state index in [0.29, 0.717) is 49.4 Å². The van der Waals surface area contributed by atoms with Crippen LogP contribution in [-0.2, 0) is 135 Å². The molecule has 6 aromatic carbocycles. The fourth-order valence-electron chi connectivity index (χ4n) is 18.6. The summed E-state index contributed by atoms with van der Waals surface area (Å²) in [6, 6.07) is 54.6. The van der Waals surface area contributed by atoms with Crippen molar-refractivity contribution in [3.05, 3.63) is 229 Å². The molecular weight excluding hydrogens is 1850 g/mol. The molecule has 36 nitrogen and oxygen atoms in total. The quantitative estimate of drug-likeness (QED) is 0.00679. The highest BCUT2D eigenvalue weighted by molar-refractivity contribution is 6.04. The number of ether oxygens (including phenoxy) is 18. The van der Waals surface area contributed by atoms with E-state index in [9.17, 15) is 88.2 Å². The first kappa shape index (κ1) is 114. The SMILES string of the molecule is C.C.CC(C)(c1ccccc1)c1ccc(OCCOCCOC(=O)C2C3C=CC(C2C(=O)O)C(C(=O)O)(C(=O)OCCOCCOc2ccc(C(C)(C)c4ccccc4)cc2)C3)cc1.COCCOCCOC(=O)C1C2C=CC(C1C(=O)O)C(C(=O)O)(C(=O)OCCOCCOC)C2.O=C(OCCOCCOc1ccccc1)C1C2C=CC(C1C(=O)O)C(C(=O)O)(C(=O)OCCOCCOc1ccccc1)C2. The molecule has 6 N–H and O–H groups in total. The summed E-state index contributed by atoms with van der Waals surface area (Å²) in [5.74, 6) is -26.1. The Balaban J connectivity index is 0.000000272. The maximum Gasteiger partial charge on any atom is 0.324 e. The molecule has 142 heavy (non-hydrogen) atoms. The van der Waals surface area contributed by atoms with Crippen LogP contribution < -0.4 is 18.9 Å². The minimum Gasteiger partial charge on any atom is -0.491 e. The molecule has 0 saturated heterocycles. The number of esters is 6. The lowest BCUT2D eigenvalue weighted by Crippen LogP contribution is -2.60. The summed E-state index contributed by atoms with van der Waals surface area (Å²) in [7, 11) is 3.02. The molecule has 0 heterocycles. The van der Waals surface area contributed by atoms with E-state index in [1.165, 1.54) is 43.6 Å². The van der Waals surface area contributed by atoms with Gasteiger partial charge in [-0.25, -0.2) is 0 Å². The molecule has 9 aliphatic carbocycles. The van der Waals surface area contributed by atoms with Gasteiger partial charge in [0.25, 0.3) is 0 Å². The third-order valence-electron chi connectivity index (χ3n) is 26.0. The Morgan fingerprint density at radius 2 is 0.472 bits per heavy atom. The van der Waals surface area contributed by atoms with Crippen LogP contribution in [0.5, 0.6) is 23.0 Å². The molecule has 0 aliphatic heterocycles. The Bertz CT molecular complexity index is 5120. The number of carboxylic acids is 6. The van der Waals surface area contributed by atoms with E-state index in [4.69, 9.17) is 85.3 Å². The highest BCUT2D eigenvalue weighted by Gasteiger charge is 2.70. The second-order valence-electron chi connectivity index (χ2n) is 35.0. The van der Waals surface area contributed by atoms with Crippen LogP contribution in [0, 0.1) is 87.3 Å². The zero-order valence-electron chi connectivity index (χ0n) is 79.1. The van der Waals surface area contributed by atoms with Gasteiger partial charge in [0.1, 0.15) is 89.1 Å². The lowest BCUT2D eigenvalue weighted by Gasteiger charge is -2.49. The van der Waals surface area contributed by atoms with E-state index in [2.05, 4.69) is 52.0 Å². The predicted molar refractivity (Wildman–Crippen MR) is 509 cm³/mol. The molecule has 6 aromatic rings. The van der Waals surface area contributed by atoms with Gasteiger partial charge in [-0.05, 0) is 108 Å². The van der Waals surface area contributed by atoms with Gasteiger partial charge in [-0.15, -0.1) is 0 Å². The average molecular weight is 1980 g/mol. The van der Waals surface area contributed by atoms with Gasteiger partial charge in [-0.3, -0.25) is 57.5 Å². The third-order valence-corrected chi connectivity index (χ3v) is 26.0. The number of allylic oxidation sites excluding steroid dienone is 6. The second kappa shape index (κ2) is 56.0. The molecule has 15 unspecified atom stereocenters. The summed E-state index contributed by atoms with van der Waals surface area (Å²) >= 11 is 0. The van der Waals surface area contributed by atoms with E-state index in [1.807, 2.05) is 133 Å². The molecule has 0 spiro atoms. The monoisotopic (exact) mass is 1980 g/mol. The highest BCUT2D eigenvalue weighted by atomic mass is 16.6. The van der Waals surface area contributed by atoms with Crippen molar-refractivity contribution < 1.29 is 173 Å². The van der Waals surface area contributed by atoms with Crippen molar-refractivity contribution in [1.82, 2.24) is 0 Å². The highest BCUT2D eigenvalue weighted by Crippen LogP contribution is 2.59. The van der Waals surface area contributed by atoms with Crippen LogP contribution in [0.4, 0.5) is 0 Å². The normalized spacial score (nSPS) is 22.8. The van der Waals surface area contributed by atoms with Crippen molar-refractivity contribution >= 4 is 71.6 Å². The van der Waals surface area contributed by atoms with Crippen LogP contribution in [-0.4, -0.2) is 275 Å². The first-order valence-corrected chi connectivity index (χ1v) is 46.2. The van der Waals surface area contributed by atoms with Crippen molar-refractivity contribution in [2.75, 3.05) is 173 Å². The van der Waals surface area contributed by atoms with Crippen LogP contribution in [0.25, 0.3) is 0 Å². The summed E-state index contributed by atoms with van der Waals surface area (Å²) < 4.78 is 96.5. The zero-order valence-corrected chi connectivity index (χ0v) is 79.1. The Kier molecular flexibility index (Phi) is 45.1. The van der Waals surface area contributed by atoms with Crippen molar-refractivity contribution in [3.63, 3.8) is 0 Å². The van der Waals surface area contributed by atoms with E-state index in [1.54, 1.807) is 30.4 Å². The predicted octanol–water partition coefficient (Wildman–Crippen LogP) is 11.6. The lowest BCUT2D eigenvalue weighted by atomic mass is 9.51. The van der Waals surface area contributed by atoms with Crippen LogP contribution >= 0.6 is 0 Å². The number of fused-ring (bicyclic) bond motifs is 6. The van der Waals surface area contributed by atoms with Gasteiger partial charge >= 0.3 is 71.6 Å². The van der Waals surface area contributed by atoms with Crippen LogP contribution in [0.15, 0.2) is 206 Å². The molecule has 0 amide bonds. The molecule has 3 fully saturated rings. The summed E-state index contributed by atoms with van der Waals surface area (Å²) in [5.41, 5.74) is -2.16. The second-order valence-corrected chi connectivity index (χ2v) is 35.0. The number of aliphatic carboxylic acids is 6. The number of benzene rings is 6. The van der Waals surface area contributed by atoms with Crippen LogP contribution in [0.2, 0.25) is 0 Å². The first-order chi connectivity index (χ1) is 67.4. The van der Waals surface area contributed by atoms with Crippen LogP contribution in [0.3, 0.4) is 0 Å². The zero-order chi connectivity index (χ0) is 101. The first-order valence-electron chi connectivity index (χ1n) is 46.2. The van der Waals surface area contributed by atoms with Gasteiger partial charge in [-0.1, -0.05) is 200 Å². The Hall–Kier alpha value is -12.9. The summed E-state index contributed by atoms with van der Waals surface area (Å²) in [5, 5.41) is 60.8. The number of hydrogen-bond donors (Lipinski definition) is 6.